The minimum atomic E-state index is -0.567. The Morgan fingerprint density at radius 3 is 2.50 bits per heavy atom. The highest BCUT2D eigenvalue weighted by molar-refractivity contribution is 9.10. The Hall–Kier alpha value is -1.93. The third-order valence-corrected chi connectivity index (χ3v) is 3.88. The number of hydrogen-bond donors (Lipinski definition) is 4. The van der Waals surface area contributed by atoms with Crippen molar-refractivity contribution in [2.75, 3.05) is 26.0 Å². The molecule has 0 aliphatic carbocycles. The summed E-state index contributed by atoms with van der Waals surface area (Å²) in [6.45, 7) is 1.75. The quantitative estimate of drug-likeness (QED) is 0.574. The number of likely N-dealkylation sites (N-methyl/N-ethyl adjacent to an activating group) is 1. The number of quaternary nitrogens is 1. The molecule has 0 saturated carbocycles. The molecule has 7 nitrogen and oxygen atoms in total. The molecule has 1 rings (SSSR count). The van der Waals surface area contributed by atoms with E-state index in [1.807, 2.05) is 18.2 Å². The molecule has 1 aromatic rings. The van der Waals surface area contributed by atoms with Crippen LogP contribution in [0, 0.1) is 0 Å². The SMILES string of the molecule is CNC(=O)NC(=O)[C@H](C)[NH+](C)CC(=O)Nc1ccccc1Br. The number of anilines is 1. The lowest BCUT2D eigenvalue weighted by molar-refractivity contribution is -0.885. The molecule has 1 aromatic carbocycles. The molecule has 1 unspecified atom stereocenters. The van der Waals surface area contributed by atoms with Gasteiger partial charge < -0.3 is 15.5 Å². The van der Waals surface area contributed by atoms with Crippen molar-refractivity contribution in [3.05, 3.63) is 28.7 Å². The minimum absolute atomic E-state index is 0.101. The van der Waals surface area contributed by atoms with Crippen LogP contribution in [-0.2, 0) is 9.59 Å². The van der Waals surface area contributed by atoms with E-state index in [4.69, 9.17) is 0 Å². The van der Waals surface area contributed by atoms with Crippen molar-refractivity contribution in [2.45, 2.75) is 13.0 Å². The Kier molecular flexibility index (Phi) is 7.00. The van der Waals surface area contributed by atoms with E-state index in [-0.39, 0.29) is 12.5 Å². The van der Waals surface area contributed by atoms with Gasteiger partial charge in [0.15, 0.2) is 12.6 Å². The van der Waals surface area contributed by atoms with Crippen LogP contribution in [0.3, 0.4) is 0 Å². The van der Waals surface area contributed by atoms with Crippen molar-refractivity contribution >= 4 is 39.5 Å². The van der Waals surface area contributed by atoms with Gasteiger partial charge in [-0.05, 0) is 35.0 Å². The van der Waals surface area contributed by atoms with Crippen LogP contribution in [0.1, 0.15) is 6.92 Å². The number of halogens is 1. The van der Waals surface area contributed by atoms with Crippen LogP contribution in [0.2, 0.25) is 0 Å². The lowest BCUT2D eigenvalue weighted by Gasteiger charge is -2.20. The summed E-state index contributed by atoms with van der Waals surface area (Å²) in [4.78, 5) is 35.6. The second-order valence-electron chi connectivity index (χ2n) is 4.84. The van der Waals surface area contributed by atoms with E-state index in [2.05, 4.69) is 31.9 Å². The summed E-state index contributed by atoms with van der Waals surface area (Å²) in [7, 11) is 3.14. The van der Waals surface area contributed by atoms with Crippen LogP contribution < -0.4 is 20.9 Å². The van der Waals surface area contributed by atoms with Gasteiger partial charge in [0.1, 0.15) is 0 Å². The molecule has 0 aliphatic rings. The van der Waals surface area contributed by atoms with Crippen LogP contribution in [0.5, 0.6) is 0 Å². The summed E-state index contributed by atoms with van der Waals surface area (Å²) in [6, 6.07) is 6.16. The number of imide groups is 1. The summed E-state index contributed by atoms with van der Waals surface area (Å²) in [6.07, 6.45) is 0. The molecule has 22 heavy (non-hydrogen) atoms. The third kappa shape index (κ3) is 5.45. The van der Waals surface area contributed by atoms with E-state index >= 15 is 0 Å². The lowest BCUT2D eigenvalue weighted by atomic mass is 10.2. The van der Waals surface area contributed by atoms with Gasteiger partial charge in [-0.2, -0.15) is 0 Å². The largest absolute Gasteiger partial charge is 0.341 e. The average Bonchev–Trinajstić information content (AvgIpc) is 2.48. The first kappa shape index (κ1) is 18.1. The van der Waals surface area contributed by atoms with Crippen LogP contribution in [0.25, 0.3) is 0 Å². The van der Waals surface area contributed by atoms with E-state index < -0.39 is 18.0 Å². The van der Waals surface area contributed by atoms with Gasteiger partial charge in [-0.25, -0.2) is 4.79 Å². The van der Waals surface area contributed by atoms with E-state index in [0.717, 1.165) is 4.47 Å². The van der Waals surface area contributed by atoms with Crippen LogP contribution >= 0.6 is 15.9 Å². The van der Waals surface area contributed by atoms with Crippen molar-refractivity contribution in [1.82, 2.24) is 10.6 Å². The van der Waals surface area contributed by atoms with Crippen molar-refractivity contribution in [3.63, 3.8) is 0 Å². The van der Waals surface area contributed by atoms with Crippen LogP contribution in [-0.4, -0.2) is 44.5 Å². The number of carbonyl (C=O) groups is 3. The number of amides is 4. The molecule has 0 radical (unpaired) electrons. The zero-order valence-electron chi connectivity index (χ0n) is 12.7. The van der Waals surface area contributed by atoms with Gasteiger partial charge in [-0.3, -0.25) is 14.9 Å². The van der Waals surface area contributed by atoms with Crippen molar-refractivity contribution in [1.29, 1.82) is 0 Å². The predicted molar refractivity (Wildman–Crippen MR) is 86.6 cm³/mol. The Labute approximate surface area is 137 Å². The highest BCUT2D eigenvalue weighted by Crippen LogP contribution is 2.20. The highest BCUT2D eigenvalue weighted by Gasteiger charge is 2.25. The molecule has 0 aromatic heterocycles. The molecule has 0 aliphatic heterocycles. The summed E-state index contributed by atoms with van der Waals surface area (Å²) in [5.41, 5.74) is 0.669. The van der Waals surface area contributed by atoms with Gasteiger partial charge in [0.05, 0.1) is 12.7 Å². The fraction of sp³-hybridized carbons (Fsp3) is 0.357. The molecule has 0 heterocycles. The van der Waals surface area contributed by atoms with E-state index in [9.17, 15) is 14.4 Å². The molecule has 4 amide bonds. The number of benzene rings is 1. The molecule has 2 atom stereocenters. The first-order valence-electron chi connectivity index (χ1n) is 6.74. The summed E-state index contributed by atoms with van der Waals surface area (Å²) >= 11 is 3.35. The molecule has 4 N–H and O–H groups in total. The first-order chi connectivity index (χ1) is 10.3. The monoisotopic (exact) mass is 371 g/mol. The lowest BCUT2D eigenvalue weighted by Crippen LogP contribution is -3.15. The molecular weight excluding hydrogens is 352 g/mol. The fourth-order valence-corrected chi connectivity index (χ4v) is 2.05. The molecule has 0 spiro atoms. The van der Waals surface area contributed by atoms with E-state index in [0.29, 0.717) is 10.6 Å². The van der Waals surface area contributed by atoms with Gasteiger partial charge in [-0.15, -0.1) is 0 Å². The van der Waals surface area contributed by atoms with Crippen molar-refractivity contribution < 1.29 is 19.3 Å². The Morgan fingerprint density at radius 1 is 1.27 bits per heavy atom. The van der Waals surface area contributed by atoms with Crippen molar-refractivity contribution in [2.24, 2.45) is 0 Å². The normalized spacial score (nSPS) is 12.9. The number of nitrogens with one attached hydrogen (secondary N) is 4. The smallest absolute Gasteiger partial charge is 0.321 e. The standard InChI is InChI=1S/C14H19BrN4O3/c1-9(13(21)18-14(22)16-2)19(3)8-12(20)17-11-7-5-4-6-10(11)15/h4-7,9H,8H2,1-3H3,(H,17,20)(H2,16,18,21,22)/p+1/t9-/m0/s1. The third-order valence-electron chi connectivity index (χ3n) is 3.18. The predicted octanol–water partition coefficient (Wildman–Crippen LogP) is -0.254. The van der Waals surface area contributed by atoms with Crippen LogP contribution in [0.4, 0.5) is 10.5 Å². The summed E-state index contributed by atoms with van der Waals surface area (Å²) in [5, 5.41) is 7.27. The van der Waals surface area contributed by atoms with E-state index in [1.54, 1.807) is 20.0 Å². The fourth-order valence-electron chi connectivity index (χ4n) is 1.67. The van der Waals surface area contributed by atoms with Crippen molar-refractivity contribution in [3.8, 4) is 0 Å². The summed E-state index contributed by atoms with van der Waals surface area (Å²) < 4.78 is 0.784. The topological polar surface area (TPSA) is 91.7 Å². The number of para-hydroxylation sites is 1. The van der Waals surface area contributed by atoms with Gasteiger partial charge in [0.25, 0.3) is 11.8 Å². The van der Waals surface area contributed by atoms with Gasteiger partial charge >= 0.3 is 6.03 Å². The van der Waals surface area contributed by atoms with Gasteiger partial charge in [0.2, 0.25) is 0 Å². The first-order valence-corrected chi connectivity index (χ1v) is 7.53. The maximum absolute atomic E-state index is 12.0. The van der Waals surface area contributed by atoms with E-state index in [1.165, 1.54) is 7.05 Å². The number of urea groups is 1. The highest BCUT2D eigenvalue weighted by atomic mass is 79.9. The number of hydrogen-bond acceptors (Lipinski definition) is 3. The average molecular weight is 372 g/mol. The second-order valence-corrected chi connectivity index (χ2v) is 5.70. The molecular formula is C14H20BrN4O3+. The molecule has 0 saturated heterocycles. The minimum Gasteiger partial charge on any atom is -0.341 e. The van der Waals surface area contributed by atoms with Gasteiger partial charge in [-0.1, -0.05) is 12.1 Å². The van der Waals surface area contributed by atoms with Crippen LogP contribution in [0.15, 0.2) is 28.7 Å². The molecule has 0 fully saturated rings. The Balaban J connectivity index is 2.55. The molecule has 8 heteroatoms. The molecule has 120 valence electrons. The molecule has 0 bridgehead atoms. The Bertz CT molecular complexity index is 565. The summed E-state index contributed by atoms with van der Waals surface area (Å²) in [5.74, 6) is -0.658. The second kappa shape index (κ2) is 8.50. The zero-order valence-corrected chi connectivity index (χ0v) is 14.3. The number of rotatable bonds is 5. The zero-order chi connectivity index (χ0) is 16.7. The maximum Gasteiger partial charge on any atom is 0.321 e. The Morgan fingerprint density at radius 2 is 1.91 bits per heavy atom. The maximum atomic E-state index is 12.0. The van der Waals surface area contributed by atoms with Gasteiger partial charge in [0, 0.05) is 11.5 Å². The number of carbonyl (C=O) groups excluding carboxylic acids is 3.